The molecular formula is C16H25NO3. The van der Waals surface area contributed by atoms with E-state index in [1.807, 2.05) is 19.9 Å². The van der Waals surface area contributed by atoms with Crippen LogP contribution in [0, 0.1) is 0 Å². The van der Waals surface area contributed by atoms with Crippen molar-refractivity contribution in [2.45, 2.75) is 51.8 Å². The minimum Gasteiger partial charge on any atom is -0.508 e. The van der Waals surface area contributed by atoms with E-state index in [0.717, 1.165) is 37.1 Å². The largest absolute Gasteiger partial charge is 0.508 e. The molecular weight excluding hydrogens is 254 g/mol. The minimum absolute atomic E-state index is 0.274. The van der Waals surface area contributed by atoms with Gasteiger partial charge in [-0.25, -0.2) is 0 Å². The summed E-state index contributed by atoms with van der Waals surface area (Å²) in [6.07, 6.45) is 2.80. The Hall–Kier alpha value is -1.26. The number of rotatable bonds is 6. The van der Waals surface area contributed by atoms with Crippen molar-refractivity contribution in [1.82, 2.24) is 4.90 Å². The molecule has 0 radical (unpaired) electrons. The highest BCUT2D eigenvalue weighted by Crippen LogP contribution is 2.29. The molecule has 0 aromatic heterocycles. The third kappa shape index (κ3) is 3.87. The van der Waals surface area contributed by atoms with Crippen molar-refractivity contribution in [2.24, 2.45) is 0 Å². The van der Waals surface area contributed by atoms with Gasteiger partial charge in [0.05, 0.1) is 12.7 Å². The van der Waals surface area contributed by atoms with Gasteiger partial charge in [-0.1, -0.05) is 0 Å². The number of phenolic OH excluding ortho intramolecular Hbond substituents is 1. The van der Waals surface area contributed by atoms with Crippen LogP contribution in [0.4, 0.5) is 0 Å². The summed E-state index contributed by atoms with van der Waals surface area (Å²) in [5, 5.41) is 19.6. The number of nitrogens with zero attached hydrogens (tertiary/aromatic N) is 1. The molecule has 0 spiro atoms. The van der Waals surface area contributed by atoms with Crippen LogP contribution in [0.15, 0.2) is 18.2 Å². The molecule has 1 aliphatic heterocycles. The van der Waals surface area contributed by atoms with Crippen LogP contribution in [0.25, 0.3) is 0 Å². The molecule has 2 atom stereocenters. The second kappa shape index (κ2) is 6.95. The third-order valence-electron chi connectivity index (χ3n) is 3.85. The number of aromatic hydroxyl groups is 1. The molecule has 4 heteroatoms. The van der Waals surface area contributed by atoms with Crippen LogP contribution in [0.1, 0.15) is 38.7 Å². The molecule has 112 valence electrons. The fourth-order valence-electron chi connectivity index (χ4n) is 2.93. The Morgan fingerprint density at radius 1 is 1.45 bits per heavy atom. The van der Waals surface area contributed by atoms with E-state index in [9.17, 15) is 10.2 Å². The predicted octanol–water partition coefficient (Wildman–Crippen LogP) is 2.53. The summed E-state index contributed by atoms with van der Waals surface area (Å²) >= 11 is 0. The van der Waals surface area contributed by atoms with Crippen LogP contribution in [0.5, 0.6) is 11.5 Å². The molecule has 0 aliphatic carbocycles. The molecule has 20 heavy (non-hydrogen) atoms. The first-order chi connectivity index (χ1) is 9.60. The van der Waals surface area contributed by atoms with E-state index in [1.54, 1.807) is 12.1 Å². The van der Waals surface area contributed by atoms with Crippen LogP contribution >= 0.6 is 0 Å². The molecule has 4 nitrogen and oxygen atoms in total. The number of hydrogen-bond acceptors (Lipinski definition) is 4. The zero-order valence-electron chi connectivity index (χ0n) is 12.4. The molecule has 2 rings (SSSR count). The lowest BCUT2D eigenvalue weighted by atomic mass is 10.1. The highest BCUT2D eigenvalue weighted by Gasteiger charge is 2.26. The van der Waals surface area contributed by atoms with Gasteiger partial charge in [0.1, 0.15) is 11.5 Å². The van der Waals surface area contributed by atoms with Gasteiger partial charge in [-0.05, 0) is 57.9 Å². The van der Waals surface area contributed by atoms with E-state index in [0.29, 0.717) is 24.9 Å². The van der Waals surface area contributed by atoms with E-state index in [4.69, 9.17) is 4.74 Å². The van der Waals surface area contributed by atoms with Crippen molar-refractivity contribution < 1.29 is 14.9 Å². The predicted molar refractivity (Wildman–Crippen MR) is 79.0 cm³/mol. The molecule has 2 unspecified atom stereocenters. The Kier molecular flexibility index (Phi) is 5.26. The standard InChI is InChI=1S/C16H25NO3/c1-3-20-15-6-7-16(19)13(10-15)11-17-8-4-5-14(17)9-12(2)18/h6-7,10,12,14,18-19H,3-5,8-9,11H2,1-2H3. The van der Waals surface area contributed by atoms with Gasteiger partial charge in [0.15, 0.2) is 0 Å². The lowest BCUT2D eigenvalue weighted by molar-refractivity contribution is 0.130. The zero-order valence-corrected chi connectivity index (χ0v) is 12.4. The summed E-state index contributed by atoms with van der Waals surface area (Å²) < 4.78 is 5.49. The zero-order chi connectivity index (χ0) is 14.5. The van der Waals surface area contributed by atoms with Gasteiger partial charge in [-0.15, -0.1) is 0 Å². The SMILES string of the molecule is CCOc1ccc(O)c(CN2CCCC2CC(C)O)c1. The van der Waals surface area contributed by atoms with Gasteiger partial charge < -0.3 is 14.9 Å². The van der Waals surface area contributed by atoms with Crippen LogP contribution in [0.2, 0.25) is 0 Å². The Morgan fingerprint density at radius 3 is 2.95 bits per heavy atom. The van der Waals surface area contributed by atoms with Gasteiger partial charge in [-0.2, -0.15) is 0 Å². The lowest BCUT2D eigenvalue weighted by Crippen LogP contribution is -2.31. The number of hydrogen-bond donors (Lipinski definition) is 2. The second-order valence-corrected chi connectivity index (χ2v) is 5.57. The molecule has 1 aromatic carbocycles. The van der Waals surface area contributed by atoms with E-state index in [2.05, 4.69) is 4.90 Å². The van der Waals surface area contributed by atoms with Gasteiger partial charge in [-0.3, -0.25) is 4.90 Å². The van der Waals surface area contributed by atoms with Gasteiger partial charge in [0, 0.05) is 18.2 Å². The monoisotopic (exact) mass is 279 g/mol. The van der Waals surface area contributed by atoms with E-state index >= 15 is 0 Å². The average molecular weight is 279 g/mol. The summed E-state index contributed by atoms with van der Waals surface area (Å²) in [5.74, 6) is 1.11. The van der Waals surface area contributed by atoms with Crippen LogP contribution in [-0.2, 0) is 6.54 Å². The van der Waals surface area contributed by atoms with Gasteiger partial charge >= 0.3 is 0 Å². The number of aliphatic hydroxyl groups excluding tert-OH is 1. The van der Waals surface area contributed by atoms with Crippen molar-refractivity contribution in [3.8, 4) is 11.5 Å². The van der Waals surface area contributed by atoms with Crippen molar-refractivity contribution in [3.05, 3.63) is 23.8 Å². The van der Waals surface area contributed by atoms with Crippen LogP contribution in [0.3, 0.4) is 0 Å². The van der Waals surface area contributed by atoms with E-state index in [1.165, 1.54) is 0 Å². The highest BCUT2D eigenvalue weighted by molar-refractivity contribution is 5.39. The summed E-state index contributed by atoms with van der Waals surface area (Å²) in [4.78, 5) is 2.34. The maximum atomic E-state index is 10.0. The fraction of sp³-hybridized carbons (Fsp3) is 0.625. The van der Waals surface area contributed by atoms with Crippen LogP contribution < -0.4 is 4.74 Å². The molecule has 1 aromatic rings. The van der Waals surface area contributed by atoms with E-state index < -0.39 is 0 Å². The van der Waals surface area contributed by atoms with Gasteiger partial charge in [0.25, 0.3) is 0 Å². The maximum absolute atomic E-state index is 10.0. The molecule has 0 bridgehead atoms. The normalized spacial score (nSPS) is 21.1. The average Bonchev–Trinajstić information content (AvgIpc) is 2.80. The van der Waals surface area contributed by atoms with Crippen molar-refractivity contribution in [2.75, 3.05) is 13.2 Å². The summed E-state index contributed by atoms with van der Waals surface area (Å²) in [6, 6.07) is 5.81. The molecule has 0 saturated carbocycles. The number of ether oxygens (including phenoxy) is 1. The fourth-order valence-corrected chi connectivity index (χ4v) is 2.93. The number of likely N-dealkylation sites (tertiary alicyclic amines) is 1. The van der Waals surface area contributed by atoms with Crippen molar-refractivity contribution in [1.29, 1.82) is 0 Å². The second-order valence-electron chi connectivity index (χ2n) is 5.57. The Bertz CT molecular complexity index is 434. The Balaban J connectivity index is 2.06. The topological polar surface area (TPSA) is 52.9 Å². The van der Waals surface area contributed by atoms with Gasteiger partial charge in [0.2, 0.25) is 0 Å². The number of benzene rings is 1. The van der Waals surface area contributed by atoms with E-state index in [-0.39, 0.29) is 6.10 Å². The lowest BCUT2D eigenvalue weighted by Gasteiger charge is -2.26. The molecule has 1 heterocycles. The molecule has 0 amide bonds. The minimum atomic E-state index is -0.274. The van der Waals surface area contributed by atoms with Crippen molar-refractivity contribution >= 4 is 0 Å². The summed E-state index contributed by atoms with van der Waals surface area (Å²) in [6.45, 7) is 6.15. The number of phenols is 1. The smallest absolute Gasteiger partial charge is 0.120 e. The van der Waals surface area contributed by atoms with Crippen LogP contribution in [-0.4, -0.2) is 40.4 Å². The first kappa shape index (κ1) is 15.1. The Morgan fingerprint density at radius 2 is 2.25 bits per heavy atom. The quantitative estimate of drug-likeness (QED) is 0.840. The van der Waals surface area contributed by atoms with Crippen molar-refractivity contribution in [3.63, 3.8) is 0 Å². The molecule has 1 fully saturated rings. The third-order valence-corrected chi connectivity index (χ3v) is 3.85. The highest BCUT2D eigenvalue weighted by atomic mass is 16.5. The molecule has 1 aliphatic rings. The number of aliphatic hydroxyl groups is 1. The Labute approximate surface area is 121 Å². The molecule has 2 N–H and O–H groups in total. The maximum Gasteiger partial charge on any atom is 0.120 e. The molecule has 1 saturated heterocycles. The summed E-state index contributed by atoms with van der Waals surface area (Å²) in [5.41, 5.74) is 0.897. The first-order valence-corrected chi connectivity index (χ1v) is 7.47. The first-order valence-electron chi connectivity index (χ1n) is 7.47. The summed E-state index contributed by atoms with van der Waals surface area (Å²) in [7, 11) is 0.